The molecule has 0 radical (unpaired) electrons. The van der Waals surface area contributed by atoms with Crippen LogP contribution in [0.4, 0.5) is 0 Å². The Labute approximate surface area is 118 Å². The summed E-state index contributed by atoms with van der Waals surface area (Å²) in [6.07, 6.45) is 0. The van der Waals surface area contributed by atoms with Crippen molar-refractivity contribution in [2.45, 2.75) is 9.29 Å². The van der Waals surface area contributed by atoms with E-state index in [1.54, 1.807) is 18.2 Å². The molecule has 0 aliphatic carbocycles. The fourth-order valence-corrected chi connectivity index (χ4v) is 1.36. The maximum atomic E-state index is 11.6. The Balaban J connectivity index is 2.74. The first-order valence-electron chi connectivity index (χ1n) is 4.08. The van der Waals surface area contributed by atoms with Crippen LogP contribution < -0.4 is 5.32 Å². The highest BCUT2D eigenvalue weighted by atomic mass is 35.6. The summed E-state index contributed by atoms with van der Waals surface area (Å²) in [6.45, 7) is 0. The fraction of sp³-hybridized carbons (Fsp3) is 0.222. The number of hydrogen-bond donors (Lipinski definition) is 1. The minimum Gasteiger partial charge on any atom is -0.332 e. The van der Waals surface area contributed by atoms with Gasteiger partial charge in [0.2, 0.25) is 3.79 Å². The minimum absolute atomic E-state index is 0.340. The molecular weight excluding hydrogens is 315 g/mol. The van der Waals surface area contributed by atoms with Gasteiger partial charge in [-0.15, -0.1) is 0 Å². The average Bonchev–Trinajstić information content (AvgIpc) is 2.16. The van der Waals surface area contributed by atoms with Crippen LogP contribution in [0.1, 0.15) is 10.4 Å². The second-order valence-electron chi connectivity index (χ2n) is 2.89. The van der Waals surface area contributed by atoms with Crippen molar-refractivity contribution in [3.63, 3.8) is 0 Å². The van der Waals surface area contributed by atoms with Crippen molar-refractivity contribution in [2.75, 3.05) is 0 Å². The number of halogens is 5. The number of amides is 1. The third-order valence-corrected chi connectivity index (χ3v) is 3.29. The Bertz CT molecular complexity index is 390. The van der Waals surface area contributed by atoms with Gasteiger partial charge in [0.25, 0.3) is 5.91 Å². The zero-order valence-electron chi connectivity index (χ0n) is 7.68. The molecule has 2 nitrogen and oxygen atoms in total. The molecule has 0 aliphatic heterocycles. The minimum atomic E-state index is -1.77. The van der Waals surface area contributed by atoms with Crippen molar-refractivity contribution in [2.24, 2.45) is 0 Å². The fourth-order valence-electron chi connectivity index (χ4n) is 0.910. The highest BCUT2D eigenvalue weighted by molar-refractivity contribution is 6.70. The summed E-state index contributed by atoms with van der Waals surface area (Å²) in [5.41, 5.74) is -0.781. The van der Waals surface area contributed by atoms with E-state index >= 15 is 0 Å². The van der Waals surface area contributed by atoms with Gasteiger partial charge in [-0.3, -0.25) is 4.79 Å². The summed E-state index contributed by atoms with van der Waals surface area (Å²) >= 11 is 27.9. The maximum absolute atomic E-state index is 11.6. The van der Waals surface area contributed by atoms with Gasteiger partial charge in [0.1, 0.15) is 0 Å². The van der Waals surface area contributed by atoms with E-state index in [0.29, 0.717) is 10.6 Å². The molecule has 0 saturated carbocycles. The van der Waals surface area contributed by atoms with Gasteiger partial charge in [0, 0.05) is 10.6 Å². The standard InChI is InChI=1S/C9H6Cl5NO/c10-6-3-1-2-5(4-6)7(16)15-8(11)9(12,13)14/h1-4,8H,(H,15,16). The van der Waals surface area contributed by atoms with E-state index in [2.05, 4.69) is 5.32 Å². The molecule has 0 spiro atoms. The number of hydrogen-bond acceptors (Lipinski definition) is 1. The van der Waals surface area contributed by atoms with Crippen LogP contribution in [-0.2, 0) is 0 Å². The van der Waals surface area contributed by atoms with Crippen LogP contribution >= 0.6 is 58.0 Å². The predicted molar refractivity (Wildman–Crippen MR) is 68.8 cm³/mol. The molecule has 0 bridgehead atoms. The van der Waals surface area contributed by atoms with Gasteiger partial charge in [-0.25, -0.2) is 0 Å². The van der Waals surface area contributed by atoms with Crippen LogP contribution in [0.25, 0.3) is 0 Å². The average molecular weight is 321 g/mol. The van der Waals surface area contributed by atoms with Crippen LogP contribution in [0.15, 0.2) is 24.3 Å². The molecule has 1 aromatic rings. The molecule has 88 valence electrons. The lowest BCUT2D eigenvalue weighted by Crippen LogP contribution is -2.39. The number of carbonyl (C=O) groups excluding carboxylic acids is 1. The maximum Gasteiger partial charge on any atom is 0.252 e. The summed E-state index contributed by atoms with van der Waals surface area (Å²) in [6, 6.07) is 6.34. The quantitative estimate of drug-likeness (QED) is 0.647. The first kappa shape index (κ1) is 14.2. The molecule has 16 heavy (non-hydrogen) atoms. The molecule has 0 aliphatic rings. The van der Waals surface area contributed by atoms with Gasteiger partial charge in [0.15, 0.2) is 5.50 Å². The lowest BCUT2D eigenvalue weighted by atomic mass is 10.2. The molecule has 1 atom stereocenters. The van der Waals surface area contributed by atoms with Gasteiger partial charge < -0.3 is 5.32 Å². The topological polar surface area (TPSA) is 29.1 Å². The molecule has 1 aromatic carbocycles. The first-order valence-corrected chi connectivity index (χ1v) is 6.03. The van der Waals surface area contributed by atoms with Crippen LogP contribution in [0.2, 0.25) is 5.02 Å². The number of rotatable bonds is 2. The molecule has 0 heterocycles. The van der Waals surface area contributed by atoms with Crippen molar-refractivity contribution >= 4 is 63.9 Å². The van der Waals surface area contributed by atoms with Gasteiger partial charge in [0.05, 0.1) is 0 Å². The second-order valence-corrected chi connectivity index (χ2v) is 6.13. The van der Waals surface area contributed by atoms with Gasteiger partial charge in [-0.2, -0.15) is 0 Å². The van der Waals surface area contributed by atoms with E-state index < -0.39 is 15.2 Å². The summed E-state index contributed by atoms with van der Waals surface area (Å²) in [7, 11) is 0. The summed E-state index contributed by atoms with van der Waals surface area (Å²) < 4.78 is -1.77. The zero-order chi connectivity index (χ0) is 12.3. The Hall–Kier alpha value is 0.140. The Morgan fingerprint density at radius 3 is 2.44 bits per heavy atom. The van der Waals surface area contributed by atoms with E-state index in [9.17, 15) is 4.79 Å². The number of nitrogens with one attached hydrogen (secondary N) is 1. The lowest BCUT2D eigenvalue weighted by molar-refractivity contribution is 0.0949. The van der Waals surface area contributed by atoms with Crippen LogP contribution in [0, 0.1) is 0 Å². The van der Waals surface area contributed by atoms with Crippen molar-refractivity contribution < 1.29 is 4.79 Å². The molecular formula is C9H6Cl5NO. The highest BCUT2D eigenvalue weighted by Gasteiger charge is 2.32. The molecule has 1 unspecified atom stereocenters. The summed E-state index contributed by atoms with van der Waals surface area (Å²) in [5.74, 6) is -0.464. The van der Waals surface area contributed by atoms with Crippen molar-refractivity contribution in [1.29, 1.82) is 0 Å². The van der Waals surface area contributed by atoms with E-state index in [1.807, 2.05) is 0 Å². The molecule has 1 N–H and O–H groups in total. The first-order chi connectivity index (χ1) is 7.30. The second kappa shape index (κ2) is 5.65. The van der Waals surface area contributed by atoms with E-state index in [-0.39, 0.29) is 0 Å². The Morgan fingerprint density at radius 1 is 1.31 bits per heavy atom. The lowest BCUT2D eigenvalue weighted by Gasteiger charge is -2.19. The number of benzene rings is 1. The van der Waals surface area contributed by atoms with E-state index in [1.165, 1.54) is 6.07 Å². The third-order valence-electron chi connectivity index (χ3n) is 1.63. The van der Waals surface area contributed by atoms with Crippen molar-refractivity contribution in [3.8, 4) is 0 Å². The zero-order valence-corrected chi connectivity index (χ0v) is 11.5. The van der Waals surface area contributed by atoms with Gasteiger partial charge in [-0.05, 0) is 18.2 Å². The smallest absolute Gasteiger partial charge is 0.252 e. The normalized spacial score (nSPS) is 13.3. The molecule has 0 aromatic heterocycles. The van der Waals surface area contributed by atoms with Crippen molar-refractivity contribution in [3.05, 3.63) is 34.9 Å². The molecule has 7 heteroatoms. The van der Waals surface area contributed by atoms with Gasteiger partial charge >= 0.3 is 0 Å². The van der Waals surface area contributed by atoms with Crippen LogP contribution in [0.3, 0.4) is 0 Å². The molecule has 0 fully saturated rings. The number of carbonyl (C=O) groups is 1. The van der Waals surface area contributed by atoms with E-state index in [4.69, 9.17) is 58.0 Å². The number of alkyl halides is 4. The largest absolute Gasteiger partial charge is 0.332 e. The van der Waals surface area contributed by atoms with Crippen LogP contribution in [0.5, 0.6) is 0 Å². The highest BCUT2D eigenvalue weighted by Crippen LogP contribution is 2.32. The Morgan fingerprint density at radius 2 is 1.94 bits per heavy atom. The Kier molecular flexibility index (Phi) is 5.02. The van der Waals surface area contributed by atoms with Gasteiger partial charge in [-0.1, -0.05) is 64.1 Å². The third kappa shape index (κ3) is 4.19. The SMILES string of the molecule is O=C(NC(Cl)C(Cl)(Cl)Cl)c1cccc(Cl)c1. The monoisotopic (exact) mass is 319 g/mol. The summed E-state index contributed by atoms with van der Waals surface area (Å²) in [5, 5.41) is 2.77. The summed E-state index contributed by atoms with van der Waals surface area (Å²) in [4.78, 5) is 11.6. The predicted octanol–water partition coefficient (Wildman–Crippen LogP) is 4.00. The molecule has 1 amide bonds. The van der Waals surface area contributed by atoms with E-state index in [0.717, 1.165) is 0 Å². The van der Waals surface area contributed by atoms with Crippen molar-refractivity contribution in [1.82, 2.24) is 5.32 Å². The van der Waals surface area contributed by atoms with Crippen LogP contribution in [-0.4, -0.2) is 15.2 Å². The molecule has 1 rings (SSSR count). The molecule has 0 saturated heterocycles.